The van der Waals surface area contributed by atoms with Crippen LogP contribution >= 0.6 is 0 Å². The number of nitrogens with zero attached hydrogens (tertiary/aromatic N) is 1. The van der Waals surface area contributed by atoms with Gasteiger partial charge in [-0.3, -0.25) is 4.79 Å². The van der Waals surface area contributed by atoms with Gasteiger partial charge in [-0.15, -0.1) is 0 Å². The first kappa shape index (κ1) is 40.9. The molecule has 2 fully saturated rings. The van der Waals surface area contributed by atoms with Crippen molar-refractivity contribution in [2.24, 2.45) is 5.92 Å². The number of hydrogen-bond donors (Lipinski definition) is 0. The lowest BCUT2D eigenvalue weighted by atomic mass is 9.74. The number of alkyl halides is 2. The first-order chi connectivity index (χ1) is 23.9. The third kappa shape index (κ3) is 12.3. The zero-order valence-corrected chi connectivity index (χ0v) is 31.1. The molecule has 1 unspecified atom stereocenters. The molecule has 1 aromatic carbocycles. The molecule has 274 valence electrons. The van der Waals surface area contributed by atoms with E-state index in [4.69, 9.17) is 14.2 Å². The Balaban J connectivity index is 1.86. The fourth-order valence-electron chi connectivity index (χ4n) is 6.80. The maximum Gasteiger partial charge on any atom is 0.345 e. The second kappa shape index (κ2) is 20.3. The van der Waals surface area contributed by atoms with E-state index in [-0.39, 0.29) is 25.1 Å². The van der Waals surface area contributed by atoms with Crippen molar-refractivity contribution in [3.8, 4) is 0 Å². The summed E-state index contributed by atoms with van der Waals surface area (Å²) in [7, 11) is 0. The van der Waals surface area contributed by atoms with Crippen molar-refractivity contribution in [3.05, 3.63) is 113 Å². The topological polar surface area (TPSA) is 48.0 Å². The van der Waals surface area contributed by atoms with Crippen LogP contribution in [0.2, 0.25) is 0 Å². The van der Waals surface area contributed by atoms with Gasteiger partial charge in [-0.2, -0.15) is 8.78 Å². The molecule has 0 amide bonds. The molecule has 7 heteroatoms. The monoisotopic (exact) mass is 691 g/mol. The van der Waals surface area contributed by atoms with Crippen molar-refractivity contribution < 1.29 is 27.8 Å². The average Bonchev–Trinajstić information content (AvgIpc) is 3.26. The van der Waals surface area contributed by atoms with E-state index in [1.165, 1.54) is 5.57 Å². The summed E-state index contributed by atoms with van der Waals surface area (Å²) in [6.07, 6.45) is 16.4. The minimum Gasteiger partial charge on any atom is -0.457 e. The highest BCUT2D eigenvalue weighted by atomic mass is 19.3. The molecule has 1 saturated carbocycles. The maximum atomic E-state index is 13.4. The number of ether oxygens (including phenoxy) is 3. The molecule has 0 N–H and O–H groups in total. The molecule has 1 aromatic rings. The summed E-state index contributed by atoms with van der Waals surface area (Å²) in [6.45, 7) is 22.6. The SMILES string of the molecule is C=C\C=C(/C(=C/C(=C\C)c1ccc(C2(COC(F)F)CCC/C(=C/C(C)C)CC2)cc1)C(=C)C)N(CCC)CCC(=C)CC(=O)OC1COC1. The molecule has 1 saturated heterocycles. The van der Waals surface area contributed by atoms with E-state index >= 15 is 0 Å². The Morgan fingerprint density at radius 3 is 2.40 bits per heavy atom. The molecule has 50 heavy (non-hydrogen) atoms. The number of halogens is 2. The number of carbonyl (C=O) groups excluding carboxylic acids is 1. The average molecular weight is 692 g/mol. The lowest BCUT2D eigenvalue weighted by molar-refractivity contribution is -0.171. The number of hydrogen-bond acceptors (Lipinski definition) is 5. The molecule has 1 aliphatic carbocycles. The van der Waals surface area contributed by atoms with Crippen molar-refractivity contribution >= 4 is 11.5 Å². The molecule has 1 atom stereocenters. The Kier molecular flexibility index (Phi) is 16.6. The van der Waals surface area contributed by atoms with E-state index in [1.807, 2.05) is 19.9 Å². The van der Waals surface area contributed by atoms with E-state index in [2.05, 4.69) is 87.9 Å². The van der Waals surface area contributed by atoms with Crippen molar-refractivity contribution in [1.29, 1.82) is 0 Å². The molecule has 2 aliphatic rings. The first-order valence-corrected chi connectivity index (χ1v) is 18.2. The van der Waals surface area contributed by atoms with Crippen molar-refractivity contribution in [1.82, 2.24) is 4.90 Å². The van der Waals surface area contributed by atoms with Crippen molar-refractivity contribution in [2.75, 3.05) is 32.9 Å². The van der Waals surface area contributed by atoms with Gasteiger partial charge in [0.05, 0.1) is 26.2 Å². The van der Waals surface area contributed by atoms with E-state index in [0.29, 0.717) is 32.1 Å². The number of benzene rings is 1. The molecule has 0 bridgehead atoms. The quantitative estimate of drug-likeness (QED) is 0.0625. The van der Waals surface area contributed by atoms with Crippen LogP contribution in [0.4, 0.5) is 8.78 Å². The van der Waals surface area contributed by atoms with Crippen LogP contribution in [-0.4, -0.2) is 56.5 Å². The summed E-state index contributed by atoms with van der Waals surface area (Å²) < 4.78 is 42.3. The van der Waals surface area contributed by atoms with Crippen LogP contribution in [0, 0.1) is 5.92 Å². The van der Waals surface area contributed by atoms with Crippen molar-refractivity contribution in [3.63, 3.8) is 0 Å². The minimum absolute atomic E-state index is 0.00120. The lowest BCUT2D eigenvalue weighted by Gasteiger charge is -2.33. The standard InChI is InChI=1S/C43H59F2NO4/c1-9-13-40(46(23-10-2)24-20-33(8)26-41(47)50-38-28-48-29-38)39(32(6)7)27-35(11-3)36-15-17-37(18-16-36)43(30-49-42(44)45)21-12-14-34(19-22-43)25-31(4)5/h9,11,13,15-18,25,27,31,38,42H,1,6,8,10,12,14,19-24,26,28-30H2,2-5,7H3/b34-25-,35-11+,39-27+,40-13+. The molecule has 1 heterocycles. The second-order valence-corrected chi connectivity index (χ2v) is 14.0. The molecule has 3 rings (SSSR count). The van der Waals surface area contributed by atoms with Crippen LogP contribution < -0.4 is 0 Å². The Morgan fingerprint density at radius 2 is 1.84 bits per heavy atom. The van der Waals surface area contributed by atoms with Crippen LogP contribution in [0.25, 0.3) is 5.57 Å². The third-order valence-corrected chi connectivity index (χ3v) is 9.45. The van der Waals surface area contributed by atoms with Gasteiger partial charge in [-0.05, 0) is 99.1 Å². The first-order valence-electron chi connectivity index (χ1n) is 18.2. The zero-order valence-electron chi connectivity index (χ0n) is 31.1. The van der Waals surface area contributed by atoms with Gasteiger partial charge >= 0.3 is 12.6 Å². The Morgan fingerprint density at radius 1 is 1.12 bits per heavy atom. The van der Waals surface area contributed by atoms with Crippen LogP contribution in [0.15, 0.2) is 102 Å². The summed E-state index contributed by atoms with van der Waals surface area (Å²) in [5, 5.41) is 0. The largest absolute Gasteiger partial charge is 0.457 e. The molecule has 5 nitrogen and oxygen atoms in total. The van der Waals surface area contributed by atoms with Gasteiger partial charge in [-0.1, -0.05) is 94.1 Å². The summed E-state index contributed by atoms with van der Waals surface area (Å²) in [5.74, 6) is 0.196. The summed E-state index contributed by atoms with van der Waals surface area (Å²) in [4.78, 5) is 14.7. The Labute approximate surface area is 300 Å². The van der Waals surface area contributed by atoms with Gasteiger partial charge in [0.1, 0.15) is 6.10 Å². The Hall–Kier alpha value is -3.55. The van der Waals surface area contributed by atoms with Gasteiger partial charge in [-0.25, -0.2) is 0 Å². The van der Waals surface area contributed by atoms with E-state index in [9.17, 15) is 13.6 Å². The van der Waals surface area contributed by atoms with Crippen LogP contribution in [0.5, 0.6) is 0 Å². The minimum atomic E-state index is -2.80. The fraction of sp³-hybridized carbons (Fsp3) is 0.512. The second-order valence-electron chi connectivity index (χ2n) is 14.0. The van der Waals surface area contributed by atoms with Gasteiger partial charge in [0.2, 0.25) is 0 Å². The molecule has 0 spiro atoms. The highest BCUT2D eigenvalue weighted by molar-refractivity contribution is 5.77. The normalized spacial score (nSPS) is 20.1. The number of esters is 1. The van der Waals surface area contributed by atoms with E-state index < -0.39 is 12.0 Å². The maximum absolute atomic E-state index is 13.4. The predicted molar refractivity (Wildman–Crippen MR) is 202 cm³/mol. The van der Waals surface area contributed by atoms with Gasteiger partial charge in [0.15, 0.2) is 0 Å². The molecule has 0 aromatic heterocycles. The fourth-order valence-corrected chi connectivity index (χ4v) is 6.80. The predicted octanol–water partition coefficient (Wildman–Crippen LogP) is 10.7. The van der Waals surface area contributed by atoms with E-state index in [0.717, 1.165) is 84.2 Å². The van der Waals surface area contributed by atoms with Gasteiger partial charge in [0, 0.05) is 29.8 Å². The zero-order chi connectivity index (χ0) is 36.7. The van der Waals surface area contributed by atoms with E-state index in [1.54, 1.807) is 6.08 Å². The smallest absolute Gasteiger partial charge is 0.345 e. The highest BCUT2D eigenvalue weighted by Gasteiger charge is 2.35. The number of allylic oxidation sites excluding steroid dienone is 8. The molecule has 0 radical (unpaired) electrons. The lowest BCUT2D eigenvalue weighted by Crippen LogP contribution is -2.37. The third-order valence-electron chi connectivity index (χ3n) is 9.45. The van der Waals surface area contributed by atoms with Gasteiger partial charge < -0.3 is 19.1 Å². The van der Waals surface area contributed by atoms with Crippen molar-refractivity contribution in [2.45, 2.75) is 104 Å². The summed E-state index contributed by atoms with van der Waals surface area (Å²) >= 11 is 0. The number of carbonyl (C=O) groups is 1. The molecular weight excluding hydrogens is 632 g/mol. The summed E-state index contributed by atoms with van der Waals surface area (Å²) in [6, 6.07) is 8.38. The molecular formula is C43H59F2NO4. The highest BCUT2D eigenvalue weighted by Crippen LogP contribution is 2.41. The van der Waals surface area contributed by atoms with Crippen LogP contribution in [0.1, 0.15) is 97.1 Å². The summed E-state index contributed by atoms with van der Waals surface area (Å²) in [5.41, 5.74) is 7.75. The van der Waals surface area contributed by atoms with Gasteiger partial charge in [0.25, 0.3) is 0 Å². The Bertz CT molecular complexity index is 1430. The molecule has 1 aliphatic heterocycles. The number of rotatable bonds is 19. The van der Waals surface area contributed by atoms with Crippen LogP contribution in [-0.2, 0) is 24.4 Å². The van der Waals surface area contributed by atoms with Crippen LogP contribution in [0.3, 0.4) is 0 Å².